The minimum atomic E-state index is -3.80. The second-order valence-corrected chi connectivity index (χ2v) is 10.8. The molecule has 7 nitrogen and oxygen atoms in total. The van der Waals surface area contributed by atoms with E-state index in [-0.39, 0.29) is 18.5 Å². The SMILES string of the molecule is CCC(C)NC(=O)C(CC)N(Cc1ccccc1)C(=O)CN(c1ccc(C)c(Cl)c1)S(C)(=O)=O. The number of aryl methyl sites for hydroxylation is 1. The van der Waals surface area contributed by atoms with E-state index in [1.54, 1.807) is 12.1 Å². The fourth-order valence-electron chi connectivity index (χ4n) is 3.49. The Balaban J connectivity index is 2.43. The maximum atomic E-state index is 13.6. The van der Waals surface area contributed by atoms with E-state index in [9.17, 15) is 18.0 Å². The summed E-state index contributed by atoms with van der Waals surface area (Å²) < 4.78 is 26.3. The van der Waals surface area contributed by atoms with Crippen LogP contribution in [0.3, 0.4) is 0 Å². The second-order valence-electron chi connectivity index (χ2n) is 8.45. The Morgan fingerprint density at radius 3 is 2.24 bits per heavy atom. The molecule has 0 aliphatic carbocycles. The molecule has 34 heavy (non-hydrogen) atoms. The number of amides is 2. The Labute approximate surface area is 208 Å². The first-order chi connectivity index (χ1) is 16.0. The van der Waals surface area contributed by atoms with Crippen LogP contribution in [0.25, 0.3) is 0 Å². The van der Waals surface area contributed by atoms with E-state index in [0.29, 0.717) is 17.1 Å². The summed E-state index contributed by atoms with van der Waals surface area (Å²) in [6.45, 7) is 7.25. The molecule has 0 heterocycles. The average Bonchev–Trinajstić information content (AvgIpc) is 2.78. The Hall–Kier alpha value is -2.58. The molecule has 2 rings (SSSR count). The highest BCUT2D eigenvalue weighted by molar-refractivity contribution is 7.92. The zero-order valence-electron chi connectivity index (χ0n) is 20.4. The van der Waals surface area contributed by atoms with Gasteiger partial charge in [0.1, 0.15) is 12.6 Å². The molecule has 0 aliphatic heterocycles. The van der Waals surface area contributed by atoms with Crippen molar-refractivity contribution in [3.8, 4) is 0 Å². The summed E-state index contributed by atoms with van der Waals surface area (Å²) in [7, 11) is -3.80. The van der Waals surface area contributed by atoms with Crippen molar-refractivity contribution in [1.29, 1.82) is 0 Å². The molecule has 0 bridgehead atoms. The fraction of sp³-hybridized carbons (Fsp3) is 0.440. The Bertz CT molecular complexity index is 1090. The molecular weight excluding hydrogens is 474 g/mol. The van der Waals surface area contributed by atoms with Gasteiger partial charge in [0, 0.05) is 17.6 Å². The van der Waals surface area contributed by atoms with Crippen LogP contribution < -0.4 is 9.62 Å². The van der Waals surface area contributed by atoms with Gasteiger partial charge in [0.2, 0.25) is 21.8 Å². The van der Waals surface area contributed by atoms with Crippen LogP contribution in [-0.4, -0.2) is 50.0 Å². The van der Waals surface area contributed by atoms with Gasteiger partial charge in [-0.1, -0.05) is 61.8 Å². The summed E-state index contributed by atoms with van der Waals surface area (Å²) in [5, 5.41) is 3.35. The first-order valence-electron chi connectivity index (χ1n) is 11.4. The van der Waals surface area contributed by atoms with Crippen LogP contribution in [0.5, 0.6) is 0 Å². The zero-order valence-corrected chi connectivity index (χ0v) is 22.0. The third kappa shape index (κ3) is 7.46. The maximum Gasteiger partial charge on any atom is 0.244 e. The molecule has 1 N–H and O–H groups in total. The third-order valence-electron chi connectivity index (χ3n) is 5.71. The molecule has 2 aromatic rings. The lowest BCUT2D eigenvalue weighted by Crippen LogP contribution is -2.53. The standard InChI is InChI=1S/C25H34ClN3O4S/c1-6-19(4)27-25(31)23(7-2)28(16-20-11-9-8-10-12-20)24(30)17-29(34(5,32)33)21-14-13-18(3)22(26)15-21/h8-15,19,23H,6-7,16-17H2,1-5H3,(H,27,31). The Morgan fingerprint density at radius 1 is 1.06 bits per heavy atom. The number of halogens is 1. The number of sulfonamides is 1. The number of benzene rings is 2. The summed E-state index contributed by atoms with van der Waals surface area (Å²) in [6.07, 6.45) is 2.18. The lowest BCUT2D eigenvalue weighted by Gasteiger charge is -2.33. The van der Waals surface area contributed by atoms with Crippen molar-refractivity contribution in [2.75, 3.05) is 17.1 Å². The predicted molar refractivity (Wildman–Crippen MR) is 137 cm³/mol. The summed E-state index contributed by atoms with van der Waals surface area (Å²) in [5.74, 6) is -0.734. The lowest BCUT2D eigenvalue weighted by molar-refractivity contribution is -0.140. The molecule has 2 aromatic carbocycles. The van der Waals surface area contributed by atoms with Gasteiger partial charge in [0.05, 0.1) is 11.9 Å². The van der Waals surface area contributed by atoms with Crippen LogP contribution in [-0.2, 0) is 26.2 Å². The smallest absolute Gasteiger partial charge is 0.244 e. The molecule has 186 valence electrons. The highest BCUT2D eigenvalue weighted by atomic mass is 35.5. The normalized spacial score (nSPS) is 13.1. The van der Waals surface area contributed by atoms with Gasteiger partial charge in [-0.05, 0) is 49.9 Å². The van der Waals surface area contributed by atoms with Gasteiger partial charge in [-0.2, -0.15) is 0 Å². The number of hydrogen-bond donors (Lipinski definition) is 1. The van der Waals surface area contributed by atoms with E-state index in [4.69, 9.17) is 11.6 Å². The van der Waals surface area contributed by atoms with E-state index in [1.165, 1.54) is 11.0 Å². The van der Waals surface area contributed by atoms with E-state index < -0.39 is 28.5 Å². The molecule has 2 amide bonds. The second kappa shape index (κ2) is 12.2. The zero-order chi connectivity index (χ0) is 25.5. The Kier molecular flexibility index (Phi) is 9.94. The van der Waals surface area contributed by atoms with Crippen LogP contribution in [0.15, 0.2) is 48.5 Å². The molecule has 0 saturated carbocycles. The van der Waals surface area contributed by atoms with Crippen LogP contribution in [0, 0.1) is 6.92 Å². The van der Waals surface area contributed by atoms with Crippen LogP contribution in [0.1, 0.15) is 44.7 Å². The van der Waals surface area contributed by atoms with Gasteiger partial charge in [0.15, 0.2) is 0 Å². The summed E-state index contributed by atoms with van der Waals surface area (Å²) >= 11 is 6.22. The van der Waals surface area contributed by atoms with E-state index in [1.807, 2.05) is 58.0 Å². The predicted octanol–water partition coefficient (Wildman–Crippen LogP) is 4.14. The molecule has 0 aromatic heterocycles. The van der Waals surface area contributed by atoms with Gasteiger partial charge < -0.3 is 10.2 Å². The third-order valence-corrected chi connectivity index (χ3v) is 7.25. The molecule has 0 fully saturated rings. The highest BCUT2D eigenvalue weighted by Crippen LogP contribution is 2.25. The van der Waals surface area contributed by atoms with Gasteiger partial charge in [-0.3, -0.25) is 13.9 Å². The number of nitrogens with one attached hydrogen (secondary N) is 1. The fourth-order valence-corrected chi connectivity index (χ4v) is 4.51. The maximum absolute atomic E-state index is 13.6. The summed E-state index contributed by atoms with van der Waals surface area (Å²) in [5.41, 5.74) is 1.93. The summed E-state index contributed by atoms with van der Waals surface area (Å²) in [6, 6.07) is 13.4. The monoisotopic (exact) mass is 507 g/mol. The number of anilines is 1. The molecule has 0 aliphatic rings. The lowest BCUT2D eigenvalue weighted by atomic mass is 10.1. The van der Waals surface area contributed by atoms with Crippen molar-refractivity contribution in [3.05, 3.63) is 64.7 Å². The van der Waals surface area contributed by atoms with Crippen molar-refractivity contribution >= 4 is 39.1 Å². The molecular formula is C25H34ClN3O4S. The van der Waals surface area contributed by atoms with Gasteiger partial charge >= 0.3 is 0 Å². The number of carbonyl (C=O) groups excluding carboxylic acids is 2. The molecule has 9 heteroatoms. The Morgan fingerprint density at radius 2 is 1.71 bits per heavy atom. The van der Waals surface area contributed by atoms with Gasteiger partial charge in [0.25, 0.3) is 0 Å². The number of carbonyl (C=O) groups is 2. The summed E-state index contributed by atoms with van der Waals surface area (Å²) in [4.78, 5) is 28.1. The number of rotatable bonds is 11. The van der Waals surface area contributed by atoms with Crippen LogP contribution >= 0.6 is 11.6 Å². The van der Waals surface area contributed by atoms with E-state index >= 15 is 0 Å². The van der Waals surface area contributed by atoms with Gasteiger partial charge in [-0.25, -0.2) is 8.42 Å². The van der Waals surface area contributed by atoms with E-state index in [0.717, 1.165) is 28.1 Å². The van der Waals surface area contributed by atoms with Gasteiger partial charge in [-0.15, -0.1) is 0 Å². The van der Waals surface area contributed by atoms with Crippen molar-refractivity contribution in [3.63, 3.8) is 0 Å². The first-order valence-corrected chi connectivity index (χ1v) is 13.6. The molecule has 0 radical (unpaired) electrons. The van der Waals surface area contributed by atoms with Crippen LogP contribution in [0.4, 0.5) is 5.69 Å². The van der Waals surface area contributed by atoms with Crippen LogP contribution in [0.2, 0.25) is 5.02 Å². The quantitative estimate of drug-likeness (QED) is 0.495. The number of nitrogens with zero attached hydrogens (tertiary/aromatic N) is 2. The van der Waals surface area contributed by atoms with Crippen molar-refractivity contribution < 1.29 is 18.0 Å². The minimum absolute atomic E-state index is 0.0440. The van der Waals surface area contributed by atoms with Crippen molar-refractivity contribution in [1.82, 2.24) is 10.2 Å². The highest BCUT2D eigenvalue weighted by Gasteiger charge is 2.32. The molecule has 2 atom stereocenters. The molecule has 0 saturated heterocycles. The molecule has 2 unspecified atom stereocenters. The van der Waals surface area contributed by atoms with Crippen molar-refractivity contribution in [2.24, 2.45) is 0 Å². The average molecular weight is 508 g/mol. The largest absolute Gasteiger partial charge is 0.352 e. The topological polar surface area (TPSA) is 86.8 Å². The number of hydrogen-bond acceptors (Lipinski definition) is 4. The minimum Gasteiger partial charge on any atom is -0.352 e. The molecule has 0 spiro atoms. The van der Waals surface area contributed by atoms with Crippen molar-refractivity contribution in [2.45, 2.75) is 59.2 Å². The first kappa shape index (κ1) is 27.7. The van der Waals surface area contributed by atoms with E-state index in [2.05, 4.69) is 5.32 Å².